The third-order valence-electron chi connectivity index (χ3n) is 5.74. The van der Waals surface area contributed by atoms with Gasteiger partial charge in [-0.25, -0.2) is 0 Å². The highest BCUT2D eigenvalue weighted by Gasteiger charge is 2.31. The lowest BCUT2D eigenvalue weighted by Crippen LogP contribution is -2.53. The van der Waals surface area contributed by atoms with Gasteiger partial charge in [0, 0.05) is 18.1 Å². The lowest BCUT2D eigenvalue weighted by molar-refractivity contribution is -0.139. The Kier molecular flexibility index (Phi) is 8.50. The van der Waals surface area contributed by atoms with Gasteiger partial charge in [-0.2, -0.15) is 0 Å². The summed E-state index contributed by atoms with van der Waals surface area (Å²) in [7, 11) is 0. The Bertz CT molecular complexity index is 847. The minimum atomic E-state index is -0.542. The van der Waals surface area contributed by atoms with Crippen molar-refractivity contribution in [3.8, 4) is 0 Å². The molecule has 0 spiro atoms. The minimum Gasteiger partial charge on any atom is -0.367 e. The lowest BCUT2D eigenvalue weighted by Gasteiger charge is -2.35. The largest absolute Gasteiger partial charge is 0.367 e. The number of hydrogen-bond acceptors (Lipinski definition) is 3. The van der Waals surface area contributed by atoms with Crippen LogP contribution < -0.4 is 5.32 Å². The number of nitrogens with zero attached hydrogens (tertiary/aromatic N) is 1. The second-order valence-electron chi connectivity index (χ2n) is 8.42. The number of rotatable bonds is 8. The summed E-state index contributed by atoms with van der Waals surface area (Å²) in [6.45, 7) is 5.59. The van der Waals surface area contributed by atoms with Gasteiger partial charge in [0.15, 0.2) is 0 Å². The zero-order chi connectivity index (χ0) is 22.2. The van der Waals surface area contributed by atoms with Crippen molar-refractivity contribution in [1.82, 2.24) is 10.2 Å². The summed E-state index contributed by atoms with van der Waals surface area (Å²) in [6.07, 6.45) is 1.82. The molecular weight excluding hydrogens is 412 g/mol. The molecule has 2 amide bonds. The van der Waals surface area contributed by atoms with E-state index in [4.69, 9.17) is 16.3 Å². The summed E-state index contributed by atoms with van der Waals surface area (Å²) in [6, 6.07) is 17.1. The average molecular weight is 443 g/mol. The fourth-order valence-corrected chi connectivity index (χ4v) is 4.06. The number of ether oxygens (including phenoxy) is 1. The first-order valence-corrected chi connectivity index (χ1v) is 11.3. The van der Waals surface area contributed by atoms with Gasteiger partial charge < -0.3 is 15.0 Å². The number of carbonyl (C=O) groups is 2. The molecule has 0 bridgehead atoms. The number of likely N-dealkylation sites (tertiary alicyclic amines) is 1. The second-order valence-corrected chi connectivity index (χ2v) is 8.86. The van der Waals surface area contributed by atoms with Crippen LogP contribution in [0.15, 0.2) is 54.6 Å². The van der Waals surface area contributed by atoms with Crippen LogP contribution in [-0.2, 0) is 20.9 Å². The molecule has 0 radical (unpaired) electrons. The molecule has 1 saturated heterocycles. The van der Waals surface area contributed by atoms with Crippen molar-refractivity contribution >= 4 is 23.4 Å². The third-order valence-corrected chi connectivity index (χ3v) is 5.99. The van der Waals surface area contributed by atoms with Gasteiger partial charge in [-0.05, 0) is 47.9 Å². The predicted octanol–water partition coefficient (Wildman–Crippen LogP) is 4.40. The molecule has 1 aliphatic rings. The molecule has 2 aromatic carbocycles. The normalized spacial score (nSPS) is 15.7. The van der Waals surface area contributed by atoms with Gasteiger partial charge in [0.05, 0.1) is 6.61 Å². The van der Waals surface area contributed by atoms with Crippen molar-refractivity contribution in [1.29, 1.82) is 0 Å². The number of benzene rings is 2. The molecule has 5 nitrogen and oxygen atoms in total. The first-order valence-electron chi connectivity index (χ1n) is 10.9. The number of piperidine rings is 1. The summed E-state index contributed by atoms with van der Waals surface area (Å²) < 4.78 is 5.51. The van der Waals surface area contributed by atoms with Crippen LogP contribution in [0.4, 0.5) is 0 Å². The summed E-state index contributed by atoms with van der Waals surface area (Å²) in [5.74, 6) is 0.152. The molecule has 166 valence electrons. The fraction of sp³-hybridized carbons (Fsp3) is 0.440. The maximum absolute atomic E-state index is 13.1. The number of halogens is 1. The van der Waals surface area contributed by atoms with Crippen LogP contribution in [-0.4, -0.2) is 42.5 Å². The molecule has 0 aliphatic carbocycles. The Hall–Kier alpha value is -2.37. The highest BCUT2D eigenvalue weighted by atomic mass is 35.5. The van der Waals surface area contributed by atoms with Crippen LogP contribution in [0.2, 0.25) is 5.02 Å². The van der Waals surface area contributed by atoms with Crippen LogP contribution in [0.5, 0.6) is 0 Å². The van der Waals surface area contributed by atoms with Crippen molar-refractivity contribution in [2.24, 2.45) is 5.92 Å². The molecule has 1 unspecified atom stereocenters. The van der Waals surface area contributed by atoms with E-state index in [-0.39, 0.29) is 24.3 Å². The highest BCUT2D eigenvalue weighted by molar-refractivity contribution is 6.30. The van der Waals surface area contributed by atoms with Crippen LogP contribution >= 0.6 is 11.6 Å². The van der Waals surface area contributed by atoms with E-state index in [1.165, 1.54) is 5.56 Å². The maximum Gasteiger partial charge on any atom is 0.246 e. The van der Waals surface area contributed by atoms with Gasteiger partial charge in [0.2, 0.25) is 11.8 Å². The first kappa shape index (κ1) is 23.3. The summed E-state index contributed by atoms with van der Waals surface area (Å²) in [5, 5.41) is 3.61. The standard InChI is InChI=1S/C25H31ClN2O3/c1-18(2)24(27-23(29)17-31-16-19-6-4-3-5-7-19)25(30)28-14-12-21(13-15-28)20-8-10-22(26)11-9-20/h3-11,18,21,24H,12-17H2,1-2H3,(H,27,29). The van der Waals surface area contributed by atoms with Gasteiger partial charge in [-0.3, -0.25) is 9.59 Å². The van der Waals surface area contributed by atoms with E-state index in [1.807, 2.05) is 61.2 Å². The van der Waals surface area contributed by atoms with Crippen LogP contribution in [0.3, 0.4) is 0 Å². The van der Waals surface area contributed by atoms with Crippen LogP contribution in [0, 0.1) is 5.92 Å². The Morgan fingerprint density at radius 3 is 2.32 bits per heavy atom. The predicted molar refractivity (Wildman–Crippen MR) is 123 cm³/mol. The quantitative estimate of drug-likeness (QED) is 0.659. The lowest BCUT2D eigenvalue weighted by atomic mass is 9.89. The molecule has 1 heterocycles. The van der Waals surface area contributed by atoms with E-state index in [0.717, 1.165) is 23.4 Å². The second kappa shape index (κ2) is 11.3. The van der Waals surface area contributed by atoms with Crippen molar-refractivity contribution in [3.05, 3.63) is 70.7 Å². The van der Waals surface area contributed by atoms with Crippen molar-refractivity contribution in [2.75, 3.05) is 19.7 Å². The molecule has 2 aromatic rings. The Balaban J connectivity index is 1.48. The molecule has 1 atom stereocenters. The van der Waals surface area contributed by atoms with Crippen LogP contribution in [0.1, 0.15) is 43.7 Å². The summed E-state index contributed by atoms with van der Waals surface area (Å²) in [4.78, 5) is 27.4. The summed E-state index contributed by atoms with van der Waals surface area (Å²) in [5.41, 5.74) is 2.27. The molecule has 6 heteroatoms. The fourth-order valence-electron chi connectivity index (χ4n) is 3.93. The zero-order valence-electron chi connectivity index (χ0n) is 18.2. The maximum atomic E-state index is 13.1. The van der Waals surface area contributed by atoms with E-state index in [2.05, 4.69) is 17.4 Å². The smallest absolute Gasteiger partial charge is 0.246 e. The van der Waals surface area contributed by atoms with Gasteiger partial charge in [0.1, 0.15) is 12.6 Å². The zero-order valence-corrected chi connectivity index (χ0v) is 19.0. The molecule has 1 fully saturated rings. The third kappa shape index (κ3) is 6.81. The molecule has 31 heavy (non-hydrogen) atoms. The number of amides is 2. The molecule has 3 rings (SSSR count). The molecular formula is C25H31ClN2O3. The SMILES string of the molecule is CC(C)C(NC(=O)COCc1ccccc1)C(=O)N1CCC(c2ccc(Cl)cc2)CC1. The Morgan fingerprint density at radius 1 is 1.06 bits per heavy atom. The number of hydrogen-bond donors (Lipinski definition) is 1. The first-order chi connectivity index (χ1) is 14.9. The molecule has 1 N–H and O–H groups in total. The Labute approximate surface area is 189 Å². The molecule has 0 aromatic heterocycles. The highest BCUT2D eigenvalue weighted by Crippen LogP contribution is 2.29. The van der Waals surface area contributed by atoms with Crippen LogP contribution in [0.25, 0.3) is 0 Å². The summed E-state index contributed by atoms with van der Waals surface area (Å²) >= 11 is 5.99. The number of carbonyl (C=O) groups excluding carboxylic acids is 2. The van der Waals surface area contributed by atoms with E-state index in [0.29, 0.717) is 25.6 Å². The van der Waals surface area contributed by atoms with E-state index in [9.17, 15) is 9.59 Å². The monoisotopic (exact) mass is 442 g/mol. The minimum absolute atomic E-state index is 0.000406. The van der Waals surface area contributed by atoms with Gasteiger partial charge in [0.25, 0.3) is 0 Å². The van der Waals surface area contributed by atoms with E-state index >= 15 is 0 Å². The van der Waals surface area contributed by atoms with E-state index in [1.54, 1.807) is 0 Å². The average Bonchev–Trinajstić information content (AvgIpc) is 2.78. The Morgan fingerprint density at radius 2 is 1.71 bits per heavy atom. The molecule has 1 aliphatic heterocycles. The van der Waals surface area contributed by atoms with Crippen molar-refractivity contribution in [2.45, 2.75) is 45.3 Å². The van der Waals surface area contributed by atoms with E-state index < -0.39 is 6.04 Å². The molecule has 0 saturated carbocycles. The number of nitrogens with one attached hydrogen (secondary N) is 1. The van der Waals surface area contributed by atoms with Gasteiger partial charge >= 0.3 is 0 Å². The van der Waals surface area contributed by atoms with Gasteiger partial charge in [-0.1, -0.05) is 67.9 Å². The topological polar surface area (TPSA) is 58.6 Å². The van der Waals surface area contributed by atoms with Crippen molar-refractivity contribution < 1.29 is 14.3 Å². The van der Waals surface area contributed by atoms with Gasteiger partial charge in [-0.15, -0.1) is 0 Å². The van der Waals surface area contributed by atoms with Crippen molar-refractivity contribution in [3.63, 3.8) is 0 Å².